The number of ketones is 1. The Balaban J connectivity index is 1.92. The van der Waals surface area contributed by atoms with Crippen molar-refractivity contribution in [1.29, 1.82) is 0 Å². The fourth-order valence-corrected chi connectivity index (χ4v) is 4.04. The first-order valence-corrected chi connectivity index (χ1v) is 9.53. The van der Waals surface area contributed by atoms with Crippen LogP contribution in [0, 0.1) is 0 Å². The summed E-state index contributed by atoms with van der Waals surface area (Å²) in [6.45, 7) is 2.05. The lowest BCUT2D eigenvalue weighted by molar-refractivity contribution is -0.137. The normalized spacial score (nSPS) is 18.4. The molecule has 142 valence electrons. The predicted octanol–water partition coefficient (Wildman–Crippen LogP) is 5.59. The van der Waals surface area contributed by atoms with Crippen molar-refractivity contribution in [2.75, 3.05) is 6.61 Å². The minimum absolute atomic E-state index is 0.00160. The fourth-order valence-electron chi connectivity index (χ4n) is 3.35. The van der Waals surface area contributed by atoms with Crippen LogP contribution in [0.15, 0.2) is 30.3 Å². The zero-order valence-corrected chi connectivity index (χ0v) is 16.8. The third kappa shape index (κ3) is 3.79. The van der Waals surface area contributed by atoms with E-state index in [0.717, 1.165) is 11.1 Å². The number of carbonyl (C=O) groups excluding carboxylic acids is 1. The second-order valence-electron chi connectivity index (χ2n) is 6.73. The molecule has 2 aromatic rings. The molecule has 1 N–H and O–H groups in total. The largest absolute Gasteiger partial charge is 0.492 e. The maximum Gasteiger partial charge on any atom is 0.303 e. The van der Waals surface area contributed by atoms with Crippen molar-refractivity contribution < 1.29 is 19.4 Å². The number of hydrogen-bond acceptors (Lipinski definition) is 3. The summed E-state index contributed by atoms with van der Waals surface area (Å²) in [6.07, 6.45) is 0.797. The predicted molar refractivity (Wildman–Crippen MR) is 106 cm³/mol. The van der Waals surface area contributed by atoms with Gasteiger partial charge in [-0.05, 0) is 49.1 Å². The number of benzene rings is 2. The molecule has 27 heavy (non-hydrogen) atoms. The van der Waals surface area contributed by atoms with Crippen LogP contribution in [0.25, 0.3) is 0 Å². The summed E-state index contributed by atoms with van der Waals surface area (Å²) in [4.78, 5) is 23.8. The van der Waals surface area contributed by atoms with Gasteiger partial charge in [-0.2, -0.15) is 0 Å². The Morgan fingerprint density at radius 3 is 2.63 bits per heavy atom. The van der Waals surface area contributed by atoms with Crippen LogP contribution in [0.1, 0.15) is 41.3 Å². The Morgan fingerprint density at radius 2 is 1.96 bits per heavy atom. The van der Waals surface area contributed by atoms with Crippen LogP contribution in [0.3, 0.4) is 0 Å². The average molecular weight is 428 g/mol. The summed E-state index contributed by atoms with van der Waals surface area (Å²) in [7, 11) is 0. The van der Waals surface area contributed by atoms with Gasteiger partial charge in [0.1, 0.15) is 10.8 Å². The average Bonchev–Trinajstić information content (AvgIpc) is 2.87. The molecule has 0 saturated carbocycles. The molecular formula is C20H17Cl3O4. The molecule has 0 saturated heterocycles. The molecule has 1 unspecified atom stereocenters. The van der Waals surface area contributed by atoms with E-state index < -0.39 is 11.4 Å². The first-order chi connectivity index (χ1) is 12.7. The number of halogens is 3. The van der Waals surface area contributed by atoms with E-state index in [1.54, 1.807) is 18.2 Å². The lowest BCUT2D eigenvalue weighted by Crippen LogP contribution is -2.29. The van der Waals surface area contributed by atoms with Crippen LogP contribution >= 0.6 is 34.8 Å². The molecule has 0 aromatic heterocycles. The van der Waals surface area contributed by atoms with Crippen molar-refractivity contribution in [3.8, 4) is 5.75 Å². The highest BCUT2D eigenvalue weighted by Gasteiger charge is 2.45. The highest BCUT2D eigenvalue weighted by Crippen LogP contribution is 2.47. The van der Waals surface area contributed by atoms with Gasteiger partial charge in [-0.25, -0.2) is 0 Å². The number of Topliss-reactive ketones (excluding diaryl/α,β-unsaturated/α-hetero) is 1. The monoisotopic (exact) mass is 426 g/mol. The number of hydrogen-bond donors (Lipinski definition) is 1. The van der Waals surface area contributed by atoms with Crippen molar-refractivity contribution in [2.24, 2.45) is 0 Å². The van der Waals surface area contributed by atoms with Crippen molar-refractivity contribution in [1.82, 2.24) is 0 Å². The van der Waals surface area contributed by atoms with Crippen molar-refractivity contribution in [3.05, 3.63) is 62.1 Å². The summed E-state index contributed by atoms with van der Waals surface area (Å²) in [5.74, 6) is -0.641. The Kier molecular flexibility index (Phi) is 5.71. The maximum absolute atomic E-state index is 13.2. The van der Waals surface area contributed by atoms with Gasteiger partial charge in [-0.1, -0.05) is 46.9 Å². The molecule has 0 amide bonds. The molecule has 1 aliphatic carbocycles. The first kappa shape index (κ1) is 20.0. The van der Waals surface area contributed by atoms with E-state index in [0.29, 0.717) is 29.2 Å². The summed E-state index contributed by atoms with van der Waals surface area (Å²) in [6, 6.07) is 8.94. The zero-order valence-electron chi connectivity index (χ0n) is 14.5. The van der Waals surface area contributed by atoms with Crippen molar-refractivity contribution in [2.45, 2.75) is 31.6 Å². The highest BCUT2D eigenvalue weighted by atomic mass is 35.5. The van der Waals surface area contributed by atoms with Gasteiger partial charge in [-0.15, -0.1) is 0 Å². The molecule has 0 heterocycles. The number of fused-ring (bicyclic) bond motifs is 1. The van der Waals surface area contributed by atoms with Crippen molar-refractivity contribution >= 4 is 46.6 Å². The van der Waals surface area contributed by atoms with E-state index in [-0.39, 0.29) is 28.9 Å². The first-order valence-electron chi connectivity index (χ1n) is 8.40. The summed E-state index contributed by atoms with van der Waals surface area (Å²) < 4.78 is 5.61. The Morgan fingerprint density at radius 1 is 1.22 bits per heavy atom. The lowest BCUT2D eigenvalue weighted by Gasteiger charge is -2.22. The minimum Gasteiger partial charge on any atom is -0.492 e. The summed E-state index contributed by atoms with van der Waals surface area (Å²) >= 11 is 18.8. The SMILES string of the molecule is CC1(c2cccc(Cl)c2)Cc2cc(OCCCC(=O)O)c(Cl)c(Cl)c2C1=O. The third-order valence-corrected chi connectivity index (χ3v) is 5.87. The van der Waals surface area contributed by atoms with E-state index in [9.17, 15) is 9.59 Å². The minimum atomic E-state index is -0.889. The molecule has 7 heteroatoms. The molecule has 0 fully saturated rings. The second kappa shape index (κ2) is 7.70. The molecule has 3 rings (SSSR count). The number of carbonyl (C=O) groups is 2. The van der Waals surface area contributed by atoms with Crippen LogP contribution in [-0.4, -0.2) is 23.5 Å². The van der Waals surface area contributed by atoms with Gasteiger partial charge < -0.3 is 9.84 Å². The molecule has 0 spiro atoms. The van der Waals surface area contributed by atoms with Gasteiger partial charge in [0, 0.05) is 17.0 Å². The van der Waals surface area contributed by atoms with Crippen LogP contribution < -0.4 is 4.74 Å². The van der Waals surface area contributed by atoms with Gasteiger partial charge >= 0.3 is 5.97 Å². The van der Waals surface area contributed by atoms with Gasteiger partial charge in [0.05, 0.1) is 17.0 Å². The third-order valence-electron chi connectivity index (χ3n) is 4.78. The standard InChI is InChI=1S/C20H17Cl3O4/c1-20(12-4-2-5-13(21)9-12)10-11-8-14(27-7-3-6-15(24)25)17(22)18(23)16(11)19(20)26/h2,4-5,8-9H,3,6-7,10H2,1H3,(H,24,25). The van der Waals surface area contributed by atoms with Crippen LogP contribution in [0.4, 0.5) is 0 Å². The number of rotatable bonds is 6. The number of carboxylic acids is 1. The molecule has 4 nitrogen and oxygen atoms in total. The van der Waals surface area contributed by atoms with E-state index in [2.05, 4.69) is 0 Å². The highest BCUT2D eigenvalue weighted by molar-refractivity contribution is 6.45. The molecule has 0 aliphatic heterocycles. The molecule has 0 radical (unpaired) electrons. The van der Waals surface area contributed by atoms with Crippen molar-refractivity contribution in [3.63, 3.8) is 0 Å². The maximum atomic E-state index is 13.2. The Bertz CT molecular complexity index is 926. The molecule has 1 aliphatic rings. The number of aliphatic carboxylic acids is 1. The molecule has 1 atom stereocenters. The van der Waals surface area contributed by atoms with E-state index in [1.807, 2.05) is 19.1 Å². The van der Waals surface area contributed by atoms with E-state index >= 15 is 0 Å². The van der Waals surface area contributed by atoms with E-state index in [4.69, 9.17) is 44.6 Å². The van der Waals surface area contributed by atoms with Crippen LogP contribution in [-0.2, 0) is 16.6 Å². The number of ether oxygens (including phenoxy) is 1. The number of carboxylic acid groups (broad SMARTS) is 1. The molecule has 0 bridgehead atoms. The summed E-state index contributed by atoms with van der Waals surface area (Å²) in [5.41, 5.74) is 1.18. The van der Waals surface area contributed by atoms with Crippen LogP contribution in [0.2, 0.25) is 15.1 Å². The topological polar surface area (TPSA) is 63.6 Å². The molecule has 2 aromatic carbocycles. The van der Waals surface area contributed by atoms with Gasteiger partial charge in [0.2, 0.25) is 0 Å². The van der Waals surface area contributed by atoms with Gasteiger partial charge in [0.15, 0.2) is 5.78 Å². The quantitative estimate of drug-likeness (QED) is 0.611. The van der Waals surface area contributed by atoms with E-state index in [1.165, 1.54) is 0 Å². The Labute approximate surface area is 172 Å². The lowest BCUT2D eigenvalue weighted by atomic mass is 9.79. The smallest absolute Gasteiger partial charge is 0.303 e. The molecular weight excluding hydrogens is 411 g/mol. The van der Waals surface area contributed by atoms with Gasteiger partial charge in [-0.3, -0.25) is 9.59 Å². The Hall–Kier alpha value is -1.75. The summed E-state index contributed by atoms with van der Waals surface area (Å²) in [5, 5.41) is 9.59. The van der Waals surface area contributed by atoms with Gasteiger partial charge in [0.25, 0.3) is 0 Å². The van der Waals surface area contributed by atoms with Crippen LogP contribution in [0.5, 0.6) is 5.75 Å². The zero-order chi connectivity index (χ0) is 19.8. The fraction of sp³-hybridized carbons (Fsp3) is 0.300. The second-order valence-corrected chi connectivity index (χ2v) is 7.92.